The first-order chi connectivity index (χ1) is 9.70. The summed E-state index contributed by atoms with van der Waals surface area (Å²) >= 11 is 1.62. The van der Waals surface area contributed by atoms with E-state index in [2.05, 4.69) is 5.32 Å². The Balaban J connectivity index is 1.67. The van der Waals surface area contributed by atoms with Crippen LogP contribution >= 0.6 is 11.3 Å². The zero-order valence-electron chi connectivity index (χ0n) is 11.4. The number of amides is 1. The van der Waals surface area contributed by atoms with Crippen LogP contribution in [0.1, 0.15) is 43.4 Å². The predicted octanol–water partition coefficient (Wildman–Crippen LogP) is 2.63. The van der Waals surface area contributed by atoms with Crippen molar-refractivity contribution in [1.82, 2.24) is 5.32 Å². The molecule has 1 aliphatic carbocycles. The van der Waals surface area contributed by atoms with Crippen molar-refractivity contribution in [3.8, 4) is 0 Å². The van der Waals surface area contributed by atoms with Crippen LogP contribution < -0.4 is 5.32 Å². The van der Waals surface area contributed by atoms with Crippen molar-refractivity contribution in [3.63, 3.8) is 0 Å². The highest BCUT2D eigenvalue weighted by atomic mass is 32.1. The van der Waals surface area contributed by atoms with Crippen LogP contribution in [0.5, 0.6) is 0 Å². The van der Waals surface area contributed by atoms with Crippen molar-refractivity contribution < 1.29 is 14.3 Å². The van der Waals surface area contributed by atoms with Crippen LogP contribution in [0, 0.1) is 5.92 Å². The third kappa shape index (κ3) is 2.59. The van der Waals surface area contributed by atoms with Gasteiger partial charge in [-0.1, -0.05) is 12.5 Å². The maximum atomic E-state index is 12.4. The number of carbonyl (C=O) groups is 2. The van der Waals surface area contributed by atoms with Gasteiger partial charge in [0.2, 0.25) is 5.91 Å². The van der Waals surface area contributed by atoms with Gasteiger partial charge in [-0.15, -0.1) is 11.3 Å². The largest absolute Gasteiger partial charge is 0.458 e. The second kappa shape index (κ2) is 5.56. The SMILES string of the molecule is O=C1C[C@H](C(=O)NCc2cccs2)C2(CCCCC2)O1. The lowest BCUT2D eigenvalue weighted by molar-refractivity contribution is -0.153. The van der Waals surface area contributed by atoms with E-state index in [4.69, 9.17) is 4.74 Å². The Bertz CT molecular complexity index is 491. The van der Waals surface area contributed by atoms with Gasteiger partial charge in [0.25, 0.3) is 0 Å². The third-order valence-corrected chi connectivity index (χ3v) is 5.23. The number of esters is 1. The van der Waals surface area contributed by atoms with Gasteiger partial charge in [0.1, 0.15) is 5.60 Å². The Kier molecular flexibility index (Phi) is 3.78. The first-order valence-corrected chi connectivity index (χ1v) is 8.09. The predicted molar refractivity (Wildman–Crippen MR) is 76.2 cm³/mol. The van der Waals surface area contributed by atoms with E-state index in [9.17, 15) is 9.59 Å². The molecule has 2 fully saturated rings. The van der Waals surface area contributed by atoms with Crippen LogP contribution in [0.2, 0.25) is 0 Å². The van der Waals surface area contributed by atoms with Crippen LogP contribution in [-0.2, 0) is 20.9 Å². The molecule has 5 heteroatoms. The molecule has 1 atom stereocenters. The molecule has 4 nitrogen and oxygen atoms in total. The summed E-state index contributed by atoms with van der Waals surface area (Å²) in [5.74, 6) is -0.565. The minimum atomic E-state index is -0.519. The van der Waals surface area contributed by atoms with Gasteiger partial charge in [0, 0.05) is 4.88 Å². The molecule has 0 aromatic carbocycles. The molecule has 1 aliphatic heterocycles. The summed E-state index contributed by atoms with van der Waals surface area (Å²) in [6.07, 6.45) is 5.15. The number of hydrogen-bond acceptors (Lipinski definition) is 4. The van der Waals surface area contributed by atoms with Crippen molar-refractivity contribution in [2.24, 2.45) is 5.92 Å². The molecule has 1 N–H and O–H groups in total. The number of carbonyl (C=O) groups excluding carboxylic acids is 2. The number of hydrogen-bond donors (Lipinski definition) is 1. The lowest BCUT2D eigenvalue weighted by Crippen LogP contribution is -2.45. The van der Waals surface area contributed by atoms with E-state index >= 15 is 0 Å². The second-order valence-electron chi connectivity index (χ2n) is 5.65. The zero-order valence-corrected chi connectivity index (χ0v) is 12.2. The smallest absolute Gasteiger partial charge is 0.307 e. The fourth-order valence-electron chi connectivity index (χ4n) is 3.34. The van der Waals surface area contributed by atoms with Gasteiger partial charge >= 0.3 is 5.97 Å². The normalized spacial score (nSPS) is 24.6. The molecule has 0 bridgehead atoms. The summed E-state index contributed by atoms with van der Waals surface area (Å²) in [4.78, 5) is 25.2. The molecule has 1 amide bonds. The summed E-state index contributed by atoms with van der Waals surface area (Å²) in [7, 11) is 0. The number of thiophene rings is 1. The van der Waals surface area contributed by atoms with E-state index in [1.807, 2.05) is 17.5 Å². The molecule has 1 saturated carbocycles. The van der Waals surface area contributed by atoms with Crippen LogP contribution in [0.4, 0.5) is 0 Å². The minimum Gasteiger partial charge on any atom is -0.458 e. The van der Waals surface area contributed by atoms with Crippen molar-refractivity contribution >= 4 is 23.2 Å². The van der Waals surface area contributed by atoms with Gasteiger partial charge in [-0.05, 0) is 37.1 Å². The van der Waals surface area contributed by atoms with E-state index in [-0.39, 0.29) is 24.2 Å². The second-order valence-corrected chi connectivity index (χ2v) is 6.69. The lowest BCUT2D eigenvalue weighted by Gasteiger charge is -2.36. The molecule has 20 heavy (non-hydrogen) atoms. The highest BCUT2D eigenvalue weighted by Gasteiger charge is 2.52. The summed E-state index contributed by atoms with van der Waals surface area (Å²) < 4.78 is 5.56. The van der Waals surface area contributed by atoms with Gasteiger partial charge in [0.05, 0.1) is 18.9 Å². The summed E-state index contributed by atoms with van der Waals surface area (Å²) in [6.45, 7) is 0.539. The van der Waals surface area contributed by atoms with Crippen LogP contribution in [0.15, 0.2) is 17.5 Å². The molecule has 3 rings (SSSR count). The molecule has 0 radical (unpaired) electrons. The Labute approximate surface area is 122 Å². The summed E-state index contributed by atoms with van der Waals surface area (Å²) in [6, 6.07) is 3.97. The summed E-state index contributed by atoms with van der Waals surface area (Å²) in [5.41, 5.74) is -0.519. The maximum Gasteiger partial charge on any atom is 0.307 e. The highest BCUT2D eigenvalue weighted by Crippen LogP contribution is 2.44. The van der Waals surface area contributed by atoms with Gasteiger partial charge in [-0.3, -0.25) is 9.59 Å². The molecule has 1 aromatic rings. The third-order valence-electron chi connectivity index (χ3n) is 4.36. The molecule has 1 spiro atoms. The van der Waals surface area contributed by atoms with Crippen molar-refractivity contribution in [2.75, 3.05) is 0 Å². The topological polar surface area (TPSA) is 55.4 Å². The molecule has 2 aliphatic rings. The van der Waals surface area contributed by atoms with Gasteiger partial charge in [-0.25, -0.2) is 0 Å². The van der Waals surface area contributed by atoms with E-state index in [1.165, 1.54) is 6.42 Å². The van der Waals surface area contributed by atoms with E-state index < -0.39 is 5.60 Å². The van der Waals surface area contributed by atoms with E-state index in [0.29, 0.717) is 6.54 Å². The quantitative estimate of drug-likeness (QED) is 0.872. The average molecular weight is 293 g/mol. The minimum absolute atomic E-state index is 0.0360. The number of nitrogens with one attached hydrogen (secondary N) is 1. The summed E-state index contributed by atoms with van der Waals surface area (Å²) in [5, 5.41) is 4.95. The van der Waals surface area contributed by atoms with Gasteiger partial charge in [-0.2, -0.15) is 0 Å². The first-order valence-electron chi connectivity index (χ1n) is 7.22. The number of rotatable bonds is 3. The monoisotopic (exact) mass is 293 g/mol. The Morgan fingerprint density at radius 3 is 2.90 bits per heavy atom. The molecular formula is C15H19NO3S. The fourth-order valence-corrected chi connectivity index (χ4v) is 3.98. The standard InChI is InChI=1S/C15H19NO3S/c17-13-9-12(15(19-13)6-2-1-3-7-15)14(18)16-10-11-5-4-8-20-11/h4-5,8,12H,1-3,6-7,9-10H2,(H,16,18)/t12-/m1/s1. The zero-order chi connectivity index (χ0) is 14.0. The lowest BCUT2D eigenvalue weighted by atomic mass is 9.75. The molecule has 108 valence electrons. The Hall–Kier alpha value is -1.36. The average Bonchev–Trinajstić information content (AvgIpc) is 3.05. The molecule has 2 heterocycles. The van der Waals surface area contributed by atoms with Gasteiger partial charge in [0.15, 0.2) is 0 Å². The van der Waals surface area contributed by atoms with Crippen LogP contribution in [-0.4, -0.2) is 17.5 Å². The molecule has 1 saturated heterocycles. The van der Waals surface area contributed by atoms with E-state index in [1.54, 1.807) is 11.3 Å². The molecule has 0 unspecified atom stereocenters. The van der Waals surface area contributed by atoms with Crippen LogP contribution in [0.3, 0.4) is 0 Å². The Morgan fingerprint density at radius 1 is 1.40 bits per heavy atom. The Morgan fingerprint density at radius 2 is 2.20 bits per heavy atom. The molecule has 1 aromatic heterocycles. The number of ether oxygens (including phenoxy) is 1. The van der Waals surface area contributed by atoms with Crippen molar-refractivity contribution in [2.45, 2.75) is 50.7 Å². The maximum absolute atomic E-state index is 12.4. The van der Waals surface area contributed by atoms with E-state index in [0.717, 1.165) is 30.6 Å². The van der Waals surface area contributed by atoms with Gasteiger partial charge < -0.3 is 10.1 Å². The van der Waals surface area contributed by atoms with Crippen molar-refractivity contribution in [3.05, 3.63) is 22.4 Å². The molecular weight excluding hydrogens is 274 g/mol. The highest BCUT2D eigenvalue weighted by molar-refractivity contribution is 7.09. The van der Waals surface area contributed by atoms with Crippen molar-refractivity contribution in [1.29, 1.82) is 0 Å². The fraction of sp³-hybridized carbons (Fsp3) is 0.600. The van der Waals surface area contributed by atoms with Crippen LogP contribution in [0.25, 0.3) is 0 Å². The first kappa shape index (κ1) is 13.6.